The first-order valence-corrected chi connectivity index (χ1v) is 7.28. The van der Waals surface area contributed by atoms with Gasteiger partial charge in [0.25, 0.3) is 0 Å². The standard InChI is InChI=1S/C15H19BrN2O2/c1-15(2,3)18-9-12-4-5-13(20-12)10-19-14-6-11(16)7-17-8-14/h4-8,18H,9-10H2,1-3H3. The Kier molecular flexibility index (Phi) is 4.83. The average Bonchev–Trinajstić information content (AvgIpc) is 2.81. The molecule has 0 saturated heterocycles. The lowest BCUT2D eigenvalue weighted by Gasteiger charge is -2.19. The van der Waals surface area contributed by atoms with Crippen molar-refractivity contribution < 1.29 is 9.15 Å². The van der Waals surface area contributed by atoms with Crippen molar-refractivity contribution in [2.45, 2.75) is 39.5 Å². The fraction of sp³-hybridized carbons (Fsp3) is 0.400. The predicted octanol–water partition coefficient (Wildman–Crippen LogP) is 3.90. The van der Waals surface area contributed by atoms with Crippen LogP contribution in [-0.2, 0) is 13.2 Å². The lowest BCUT2D eigenvalue weighted by atomic mass is 10.1. The van der Waals surface area contributed by atoms with Crippen LogP contribution in [0.25, 0.3) is 0 Å². The fourth-order valence-electron chi connectivity index (χ4n) is 1.57. The number of hydrogen-bond acceptors (Lipinski definition) is 4. The summed E-state index contributed by atoms with van der Waals surface area (Å²) in [5, 5.41) is 3.38. The number of hydrogen-bond donors (Lipinski definition) is 1. The van der Waals surface area contributed by atoms with Crippen molar-refractivity contribution in [1.29, 1.82) is 0 Å². The SMILES string of the molecule is CC(C)(C)NCc1ccc(COc2cncc(Br)c2)o1. The van der Waals surface area contributed by atoms with Crippen molar-refractivity contribution in [3.63, 3.8) is 0 Å². The molecule has 2 heterocycles. The van der Waals surface area contributed by atoms with Gasteiger partial charge in [-0.3, -0.25) is 4.98 Å². The van der Waals surface area contributed by atoms with Crippen molar-refractivity contribution in [2.24, 2.45) is 0 Å². The zero-order chi connectivity index (χ0) is 14.6. The van der Waals surface area contributed by atoms with Gasteiger partial charge in [0, 0.05) is 16.2 Å². The van der Waals surface area contributed by atoms with Crippen molar-refractivity contribution >= 4 is 15.9 Å². The third kappa shape index (κ3) is 4.98. The van der Waals surface area contributed by atoms with Crippen molar-refractivity contribution in [3.8, 4) is 5.75 Å². The molecule has 0 radical (unpaired) electrons. The van der Waals surface area contributed by atoms with Crippen LogP contribution >= 0.6 is 15.9 Å². The molecule has 1 N–H and O–H groups in total. The molecule has 2 aromatic rings. The Morgan fingerprint density at radius 2 is 2.00 bits per heavy atom. The quantitative estimate of drug-likeness (QED) is 0.897. The van der Waals surface area contributed by atoms with E-state index in [0.29, 0.717) is 18.9 Å². The van der Waals surface area contributed by atoms with E-state index in [1.807, 2.05) is 18.2 Å². The first-order valence-electron chi connectivity index (χ1n) is 6.48. The minimum Gasteiger partial charge on any atom is -0.484 e. The molecule has 0 bridgehead atoms. The Bertz CT molecular complexity index is 561. The third-order valence-corrected chi connectivity index (χ3v) is 3.00. The number of rotatable bonds is 5. The van der Waals surface area contributed by atoms with E-state index in [0.717, 1.165) is 16.0 Å². The van der Waals surface area contributed by atoms with Crippen LogP contribution in [0.5, 0.6) is 5.75 Å². The predicted molar refractivity (Wildman–Crippen MR) is 81.6 cm³/mol. The number of ether oxygens (including phenoxy) is 1. The number of pyridine rings is 1. The van der Waals surface area contributed by atoms with Crippen molar-refractivity contribution in [3.05, 3.63) is 46.6 Å². The van der Waals surface area contributed by atoms with Gasteiger partial charge in [0.05, 0.1) is 12.7 Å². The Labute approximate surface area is 127 Å². The van der Waals surface area contributed by atoms with Crippen LogP contribution in [0.15, 0.2) is 39.5 Å². The Morgan fingerprint density at radius 1 is 1.25 bits per heavy atom. The topological polar surface area (TPSA) is 47.3 Å². The van der Waals surface area contributed by atoms with Crippen LogP contribution in [0.1, 0.15) is 32.3 Å². The summed E-state index contributed by atoms with van der Waals surface area (Å²) in [6.45, 7) is 7.48. The first kappa shape index (κ1) is 15.1. The van der Waals surface area contributed by atoms with E-state index < -0.39 is 0 Å². The van der Waals surface area contributed by atoms with Gasteiger partial charge in [-0.2, -0.15) is 0 Å². The molecule has 5 heteroatoms. The number of nitrogens with zero attached hydrogens (tertiary/aromatic N) is 1. The zero-order valence-electron chi connectivity index (χ0n) is 11.9. The summed E-state index contributed by atoms with van der Waals surface area (Å²) in [7, 11) is 0. The molecule has 0 aliphatic rings. The Balaban J connectivity index is 1.87. The molecule has 2 rings (SSSR count). The van der Waals surface area contributed by atoms with Crippen molar-refractivity contribution in [1.82, 2.24) is 10.3 Å². The van der Waals surface area contributed by atoms with Crippen LogP contribution in [-0.4, -0.2) is 10.5 Å². The second kappa shape index (κ2) is 6.41. The van der Waals surface area contributed by atoms with E-state index in [-0.39, 0.29) is 5.54 Å². The monoisotopic (exact) mass is 338 g/mol. The highest BCUT2D eigenvalue weighted by Gasteiger charge is 2.10. The van der Waals surface area contributed by atoms with Crippen LogP contribution in [0, 0.1) is 0 Å². The van der Waals surface area contributed by atoms with Gasteiger partial charge in [-0.15, -0.1) is 0 Å². The highest BCUT2D eigenvalue weighted by molar-refractivity contribution is 9.10. The molecule has 0 aromatic carbocycles. The molecule has 0 amide bonds. The minimum absolute atomic E-state index is 0.0748. The van der Waals surface area contributed by atoms with Gasteiger partial charge < -0.3 is 14.5 Å². The molecule has 0 unspecified atom stereocenters. The largest absolute Gasteiger partial charge is 0.484 e. The molecule has 4 nitrogen and oxygen atoms in total. The number of nitrogens with one attached hydrogen (secondary N) is 1. The Morgan fingerprint density at radius 3 is 2.70 bits per heavy atom. The molecule has 108 valence electrons. The summed E-state index contributed by atoms with van der Waals surface area (Å²) in [6.07, 6.45) is 3.39. The van der Waals surface area contributed by atoms with Gasteiger partial charge >= 0.3 is 0 Å². The van der Waals surface area contributed by atoms with Gasteiger partial charge in [-0.25, -0.2) is 0 Å². The summed E-state index contributed by atoms with van der Waals surface area (Å²) in [6, 6.07) is 5.78. The normalized spacial score (nSPS) is 11.6. The number of halogens is 1. The molecule has 0 aliphatic heterocycles. The summed E-state index contributed by atoms with van der Waals surface area (Å²) in [5.74, 6) is 2.42. The van der Waals surface area contributed by atoms with Crippen LogP contribution < -0.4 is 10.1 Å². The van der Waals surface area contributed by atoms with Crippen LogP contribution in [0.3, 0.4) is 0 Å². The van der Waals surface area contributed by atoms with Gasteiger partial charge in [-0.05, 0) is 54.9 Å². The van der Waals surface area contributed by atoms with Crippen molar-refractivity contribution in [2.75, 3.05) is 0 Å². The van der Waals surface area contributed by atoms with Gasteiger partial charge in [0.1, 0.15) is 23.9 Å². The summed E-state index contributed by atoms with van der Waals surface area (Å²) < 4.78 is 12.2. The fourth-order valence-corrected chi connectivity index (χ4v) is 1.92. The minimum atomic E-state index is 0.0748. The number of furan rings is 1. The molecule has 0 fully saturated rings. The highest BCUT2D eigenvalue weighted by atomic mass is 79.9. The van der Waals surface area contributed by atoms with E-state index in [4.69, 9.17) is 9.15 Å². The molecule has 0 atom stereocenters. The summed E-state index contributed by atoms with van der Waals surface area (Å²) in [4.78, 5) is 4.05. The lowest BCUT2D eigenvalue weighted by Crippen LogP contribution is -2.34. The molecular formula is C15H19BrN2O2. The maximum atomic E-state index is 5.71. The molecule has 20 heavy (non-hydrogen) atoms. The summed E-state index contributed by atoms with van der Waals surface area (Å²) in [5.41, 5.74) is 0.0748. The molecular weight excluding hydrogens is 320 g/mol. The molecule has 0 spiro atoms. The van der Waals surface area contributed by atoms with E-state index in [2.05, 4.69) is 47.0 Å². The number of aromatic nitrogens is 1. The maximum absolute atomic E-state index is 5.71. The van der Waals surface area contributed by atoms with Gasteiger partial charge in [-0.1, -0.05) is 0 Å². The smallest absolute Gasteiger partial charge is 0.146 e. The first-order chi connectivity index (χ1) is 9.42. The third-order valence-electron chi connectivity index (χ3n) is 2.57. The molecule has 2 aromatic heterocycles. The van der Waals surface area contributed by atoms with Gasteiger partial charge in [0.2, 0.25) is 0 Å². The van der Waals surface area contributed by atoms with E-state index >= 15 is 0 Å². The van der Waals surface area contributed by atoms with E-state index in [1.165, 1.54) is 0 Å². The van der Waals surface area contributed by atoms with Crippen LogP contribution in [0.2, 0.25) is 0 Å². The van der Waals surface area contributed by atoms with E-state index in [9.17, 15) is 0 Å². The van der Waals surface area contributed by atoms with Crippen LogP contribution in [0.4, 0.5) is 0 Å². The van der Waals surface area contributed by atoms with E-state index in [1.54, 1.807) is 12.4 Å². The molecule has 0 aliphatic carbocycles. The second-order valence-corrected chi connectivity index (χ2v) is 6.51. The second-order valence-electron chi connectivity index (χ2n) is 5.60. The maximum Gasteiger partial charge on any atom is 0.146 e. The van der Waals surface area contributed by atoms with Gasteiger partial charge in [0.15, 0.2) is 0 Å². The Hall–Kier alpha value is -1.33. The summed E-state index contributed by atoms with van der Waals surface area (Å²) >= 11 is 3.36. The lowest BCUT2D eigenvalue weighted by molar-refractivity contribution is 0.262. The zero-order valence-corrected chi connectivity index (χ0v) is 13.5. The average molecular weight is 339 g/mol. The highest BCUT2D eigenvalue weighted by Crippen LogP contribution is 2.18. The molecule has 0 saturated carbocycles.